The molecule has 0 unspecified atom stereocenters. The number of benzene rings is 1. The summed E-state index contributed by atoms with van der Waals surface area (Å²) in [5.41, 5.74) is 3.75. The smallest absolute Gasteiger partial charge is 0.164 e. The highest BCUT2D eigenvalue weighted by Crippen LogP contribution is 2.16. The molecular weight excluding hydrogens is 296 g/mol. The van der Waals surface area contributed by atoms with E-state index in [0.717, 1.165) is 0 Å². The van der Waals surface area contributed by atoms with Crippen molar-refractivity contribution in [3.8, 4) is 0 Å². The third kappa shape index (κ3) is 10.9. The Hall–Kier alpha value is -1.44. The minimum absolute atomic E-state index is 1.22. The lowest BCUT2D eigenvalue weighted by Crippen LogP contribution is -2.68. The van der Waals surface area contributed by atoms with Gasteiger partial charge in [0.15, 0.2) is 6.21 Å². The van der Waals surface area contributed by atoms with Gasteiger partial charge in [-0.2, -0.15) is 0 Å². The van der Waals surface area contributed by atoms with Gasteiger partial charge in [-0.1, -0.05) is 29.8 Å². The maximum absolute atomic E-state index is 8.49. The first-order valence-electron chi connectivity index (χ1n) is 6.08. The van der Waals surface area contributed by atoms with E-state index in [4.69, 9.17) is 18.6 Å². The maximum Gasteiger partial charge on any atom is 0.164 e. The third-order valence-corrected chi connectivity index (χ3v) is 2.36. The van der Waals surface area contributed by atoms with Gasteiger partial charge in [0.25, 0.3) is 0 Å². The average molecular weight is 317 g/mol. The Morgan fingerprint density at radius 2 is 1.48 bits per heavy atom. The quantitative estimate of drug-likeness (QED) is 0.453. The van der Waals surface area contributed by atoms with Crippen LogP contribution in [0.15, 0.2) is 30.3 Å². The number of allylic oxidation sites excluding steroid dienone is 1. The summed E-state index contributed by atoms with van der Waals surface area (Å²) in [6.45, 7) is 2.11. The standard InChI is InChI=1S/C14H21N2.ClHO4/c1-12-6-8-13(9-7-12)14(16(4)5)10-11-15(2)3;2-1(3,4)5/h6-11H,1-5H3;(H,2,3,4,5)/q+1;/p-1. The summed E-state index contributed by atoms with van der Waals surface area (Å²) in [6, 6.07) is 8.60. The van der Waals surface area contributed by atoms with Crippen molar-refractivity contribution in [2.45, 2.75) is 6.92 Å². The highest BCUT2D eigenvalue weighted by atomic mass is 35.7. The van der Waals surface area contributed by atoms with Crippen LogP contribution in [0.25, 0.3) is 5.70 Å². The minimum atomic E-state index is -4.94. The monoisotopic (exact) mass is 316 g/mol. The fourth-order valence-corrected chi connectivity index (χ4v) is 1.45. The van der Waals surface area contributed by atoms with Crippen molar-refractivity contribution in [1.82, 2.24) is 4.90 Å². The van der Waals surface area contributed by atoms with E-state index in [2.05, 4.69) is 62.5 Å². The lowest BCUT2D eigenvalue weighted by Gasteiger charge is -2.17. The Kier molecular flexibility index (Phi) is 8.16. The van der Waals surface area contributed by atoms with Gasteiger partial charge < -0.3 is 4.90 Å². The first-order chi connectivity index (χ1) is 9.50. The number of hydrogen-bond donors (Lipinski definition) is 0. The van der Waals surface area contributed by atoms with Crippen molar-refractivity contribution >= 4 is 11.9 Å². The van der Waals surface area contributed by atoms with E-state index in [1.165, 1.54) is 16.8 Å². The second-order valence-corrected chi connectivity index (χ2v) is 5.56. The van der Waals surface area contributed by atoms with Crippen LogP contribution >= 0.6 is 0 Å². The van der Waals surface area contributed by atoms with Crippen LogP contribution in [-0.2, 0) is 0 Å². The zero-order valence-corrected chi connectivity index (χ0v) is 13.6. The molecule has 6 nitrogen and oxygen atoms in total. The molecule has 0 atom stereocenters. The van der Waals surface area contributed by atoms with E-state index in [1.807, 2.05) is 18.7 Å². The summed E-state index contributed by atoms with van der Waals surface area (Å²) in [4.78, 5) is 2.13. The van der Waals surface area contributed by atoms with E-state index in [1.54, 1.807) is 0 Å². The van der Waals surface area contributed by atoms with Gasteiger partial charge in [-0.25, -0.2) is 23.2 Å². The molecule has 0 aliphatic heterocycles. The molecule has 0 saturated carbocycles. The molecule has 1 aromatic carbocycles. The largest absolute Gasteiger partial charge is 0.377 e. The summed E-state index contributed by atoms with van der Waals surface area (Å²) in [5, 5.41) is 0. The van der Waals surface area contributed by atoms with Crippen LogP contribution in [-0.4, -0.2) is 43.9 Å². The van der Waals surface area contributed by atoms with Crippen LogP contribution in [0.3, 0.4) is 0 Å². The topological polar surface area (TPSA) is 98.5 Å². The van der Waals surface area contributed by atoms with Crippen molar-refractivity contribution in [2.75, 3.05) is 28.2 Å². The van der Waals surface area contributed by atoms with Gasteiger partial charge in [0, 0.05) is 25.9 Å². The predicted octanol–water partition coefficient (Wildman–Crippen LogP) is -2.52. The molecule has 0 radical (unpaired) electrons. The number of aryl methyl sites for hydroxylation is 1. The maximum atomic E-state index is 8.49. The molecule has 1 aromatic rings. The molecule has 0 fully saturated rings. The summed E-state index contributed by atoms with van der Waals surface area (Å²) >= 11 is 0. The van der Waals surface area contributed by atoms with Gasteiger partial charge in [0.2, 0.25) is 0 Å². The Bertz CT molecular complexity index is 481. The van der Waals surface area contributed by atoms with E-state index in [-0.39, 0.29) is 0 Å². The number of rotatable bonds is 3. The number of nitrogens with zero attached hydrogens (tertiary/aromatic N) is 2. The summed E-state index contributed by atoms with van der Waals surface area (Å²) < 4.78 is 36.0. The van der Waals surface area contributed by atoms with Gasteiger partial charge in [-0.3, -0.25) is 0 Å². The van der Waals surface area contributed by atoms with Gasteiger partial charge >= 0.3 is 0 Å². The second kappa shape index (κ2) is 8.76. The molecule has 0 aliphatic carbocycles. The Morgan fingerprint density at radius 1 is 1.05 bits per heavy atom. The minimum Gasteiger partial charge on any atom is -0.377 e. The van der Waals surface area contributed by atoms with E-state index in [9.17, 15) is 0 Å². The molecule has 0 bridgehead atoms. The summed E-state index contributed by atoms with van der Waals surface area (Å²) in [7, 11) is 3.24. The normalized spacial score (nSPS) is 11.4. The molecule has 0 heterocycles. The van der Waals surface area contributed by atoms with E-state index >= 15 is 0 Å². The molecule has 0 amide bonds. The predicted molar refractivity (Wildman–Crippen MR) is 71.0 cm³/mol. The van der Waals surface area contributed by atoms with Gasteiger partial charge in [-0.15, -0.1) is 10.2 Å². The Morgan fingerprint density at radius 3 is 1.81 bits per heavy atom. The van der Waals surface area contributed by atoms with E-state index in [0.29, 0.717) is 0 Å². The van der Waals surface area contributed by atoms with Crippen molar-refractivity contribution < 1.29 is 33.5 Å². The molecule has 7 heteroatoms. The first-order valence-corrected chi connectivity index (χ1v) is 7.32. The molecule has 0 aliphatic rings. The van der Waals surface area contributed by atoms with Crippen LogP contribution in [0, 0.1) is 17.2 Å². The molecule has 0 aromatic heterocycles. The molecule has 0 saturated heterocycles. The van der Waals surface area contributed by atoms with Crippen LogP contribution in [0.4, 0.5) is 0 Å². The molecule has 1 rings (SSSR count). The van der Waals surface area contributed by atoms with Crippen molar-refractivity contribution in [3.05, 3.63) is 41.5 Å². The molecule has 21 heavy (non-hydrogen) atoms. The highest BCUT2D eigenvalue weighted by Gasteiger charge is 2.03. The van der Waals surface area contributed by atoms with Gasteiger partial charge in [-0.05, 0) is 12.5 Å². The average Bonchev–Trinajstić information content (AvgIpc) is 2.28. The summed E-state index contributed by atoms with van der Waals surface area (Å²) in [5.74, 6) is 0. The van der Waals surface area contributed by atoms with Crippen molar-refractivity contribution in [1.29, 1.82) is 0 Å². The fourth-order valence-electron chi connectivity index (χ4n) is 1.45. The molecule has 0 spiro atoms. The van der Waals surface area contributed by atoms with Crippen molar-refractivity contribution in [2.24, 2.45) is 0 Å². The fraction of sp³-hybridized carbons (Fsp3) is 0.357. The van der Waals surface area contributed by atoms with E-state index < -0.39 is 10.2 Å². The molecular formula is C14H21ClN2O4. The van der Waals surface area contributed by atoms with Crippen LogP contribution in [0.2, 0.25) is 0 Å². The first kappa shape index (κ1) is 19.6. The SMILES string of the molecule is Cc1ccc(/C(=C\C=[N+](C)C)N(C)C)cc1.[O-][Cl+3]([O-])([O-])[O-]. The summed E-state index contributed by atoms with van der Waals surface area (Å²) in [6.07, 6.45) is 4.19. The molecule has 118 valence electrons. The molecule has 0 N–H and O–H groups in total. The Labute approximate surface area is 127 Å². The highest BCUT2D eigenvalue weighted by molar-refractivity contribution is 5.81. The van der Waals surface area contributed by atoms with Gasteiger partial charge in [0.1, 0.15) is 14.1 Å². The van der Waals surface area contributed by atoms with Crippen molar-refractivity contribution in [3.63, 3.8) is 0 Å². The van der Waals surface area contributed by atoms with Crippen LogP contribution in [0.1, 0.15) is 11.1 Å². The zero-order chi connectivity index (χ0) is 16.6. The van der Waals surface area contributed by atoms with Crippen LogP contribution < -0.4 is 18.6 Å². The lowest BCUT2D eigenvalue weighted by atomic mass is 10.1. The third-order valence-electron chi connectivity index (χ3n) is 2.36. The van der Waals surface area contributed by atoms with Crippen LogP contribution in [0.5, 0.6) is 0 Å². The lowest BCUT2D eigenvalue weighted by molar-refractivity contribution is -2.00. The second-order valence-electron chi connectivity index (χ2n) is 4.80. The number of hydrogen-bond acceptors (Lipinski definition) is 5. The zero-order valence-electron chi connectivity index (χ0n) is 12.9. The number of halogens is 1. The Balaban J connectivity index is 0.000000690. The van der Waals surface area contributed by atoms with Gasteiger partial charge in [0.05, 0.1) is 0 Å².